The van der Waals surface area contributed by atoms with Gasteiger partial charge in [-0.1, -0.05) is 75.8 Å². The van der Waals surface area contributed by atoms with Crippen LogP contribution in [0.15, 0.2) is 30.3 Å². The van der Waals surface area contributed by atoms with E-state index in [1.807, 2.05) is 30.3 Å². The van der Waals surface area contributed by atoms with Crippen LogP contribution in [0.5, 0.6) is 0 Å². The molecule has 1 saturated carbocycles. The maximum Gasteiger partial charge on any atom is 0.226 e. The highest BCUT2D eigenvalue weighted by molar-refractivity contribution is 5.87. The van der Waals surface area contributed by atoms with Crippen molar-refractivity contribution >= 4 is 11.8 Å². The van der Waals surface area contributed by atoms with E-state index < -0.39 is 0 Å². The lowest BCUT2D eigenvalue weighted by Crippen LogP contribution is -2.39. The molecule has 1 aromatic carbocycles. The van der Waals surface area contributed by atoms with Gasteiger partial charge in [0.2, 0.25) is 11.8 Å². The number of nitrogens with one attached hydrogen (secondary N) is 1. The molecule has 4 heteroatoms. The zero-order valence-electron chi connectivity index (χ0n) is 17.4. The van der Waals surface area contributed by atoms with E-state index in [0.717, 1.165) is 37.8 Å². The Balaban J connectivity index is 1.59. The molecule has 0 bridgehead atoms. The van der Waals surface area contributed by atoms with Gasteiger partial charge in [-0.3, -0.25) is 9.59 Å². The van der Waals surface area contributed by atoms with Gasteiger partial charge >= 0.3 is 0 Å². The minimum Gasteiger partial charge on any atom is -0.352 e. The van der Waals surface area contributed by atoms with Crippen molar-refractivity contribution in [2.24, 2.45) is 11.8 Å². The predicted molar refractivity (Wildman–Crippen MR) is 113 cm³/mol. The minimum absolute atomic E-state index is 0.00758. The second-order valence-corrected chi connectivity index (χ2v) is 8.61. The van der Waals surface area contributed by atoms with Crippen LogP contribution in [0.2, 0.25) is 0 Å². The predicted octanol–water partition coefficient (Wildman–Crippen LogP) is 4.68. The molecule has 0 spiro atoms. The standard InChI is InChI=1S/C24H36N2O2/c1-2-3-6-13-20-18-26(21-14-9-5-10-15-21)24(28)22(20)16-23(27)25-17-19-11-7-4-8-12-19/h4,7-8,11-12,20-22H,2-3,5-6,9-10,13-18H2,1H3,(H,25,27). The Morgan fingerprint density at radius 3 is 2.57 bits per heavy atom. The molecule has 0 radical (unpaired) electrons. The number of unbranched alkanes of at least 4 members (excludes halogenated alkanes) is 2. The first-order chi connectivity index (χ1) is 13.7. The molecular formula is C24H36N2O2. The van der Waals surface area contributed by atoms with E-state index in [9.17, 15) is 9.59 Å². The monoisotopic (exact) mass is 384 g/mol. The van der Waals surface area contributed by atoms with Crippen molar-refractivity contribution in [2.75, 3.05) is 6.54 Å². The van der Waals surface area contributed by atoms with Crippen molar-refractivity contribution in [2.45, 2.75) is 83.7 Å². The zero-order chi connectivity index (χ0) is 19.8. The molecule has 154 valence electrons. The largest absolute Gasteiger partial charge is 0.352 e. The molecule has 4 nitrogen and oxygen atoms in total. The van der Waals surface area contributed by atoms with Crippen molar-refractivity contribution in [1.29, 1.82) is 0 Å². The Hall–Kier alpha value is -1.84. The molecule has 2 aliphatic rings. The van der Waals surface area contributed by atoms with Gasteiger partial charge < -0.3 is 10.2 Å². The highest BCUT2D eigenvalue weighted by Gasteiger charge is 2.43. The summed E-state index contributed by atoms with van der Waals surface area (Å²) in [6.07, 6.45) is 11.0. The van der Waals surface area contributed by atoms with Gasteiger partial charge in [-0.15, -0.1) is 0 Å². The lowest BCUT2D eigenvalue weighted by atomic mass is 9.87. The fraction of sp³-hybridized carbons (Fsp3) is 0.667. The third-order valence-corrected chi connectivity index (χ3v) is 6.53. The van der Waals surface area contributed by atoms with E-state index in [4.69, 9.17) is 0 Å². The molecule has 0 aromatic heterocycles. The van der Waals surface area contributed by atoms with E-state index in [0.29, 0.717) is 24.9 Å². The van der Waals surface area contributed by atoms with Gasteiger partial charge in [0.05, 0.1) is 5.92 Å². The van der Waals surface area contributed by atoms with Crippen molar-refractivity contribution in [3.05, 3.63) is 35.9 Å². The van der Waals surface area contributed by atoms with E-state index in [-0.39, 0.29) is 17.7 Å². The van der Waals surface area contributed by atoms with E-state index >= 15 is 0 Å². The van der Waals surface area contributed by atoms with Crippen molar-refractivity contribution in [3.63, 3.8) is 0 Å². The highest BCUT2D eigenvalue weighted by atomic mass is 16.2. The molecule has 1 heterocycles. The number of nitrogens with zero attached hydrogens (tertiary/aromatic N) is 1. The molecule has 1 aliphatic heterocycles. The Kier molecular flexibility index (Phi) is 7.93. The first-order valence-corrected chi connectivity index (χ1v) is 11.3. The van der Waals surface area contributed by atoms with Crippen LogP contribution in [-0.4, -0.2) is 29.3 Å². The number of likely N-dealkylation sites (tertiary alicyclic amines) is 1. The fourth-order valence-corrected chi connectivity index (χ4v) is 4.88. The van der Waals surface area contributed by atoms with E-state index in [1.54, 1.807) is 0 Å². The number of rotatable bonds is 9. The molecule has 2 amide bonds. The van der Waals surface area contributed by atoms with Crippen LogP contribution in [0.3, 0.4) is 0 Å². The number of hydrogen-bond acceptors (Lipinski definition) is 2. The summed E-state index contributed by atoms with van der Waals surface area (Å²) in [5.41, 5.74) is 1.09. The third-order valence-electron chi connectivity index (χ3n) is 6.53. The van der Waals surface area contributed by atoms with Gasteiger partial charge in [-0.2, -0.15) is 0 Å². The summed E-state index contributed by atoms with van der Waals surface area (Å²) in [4.78, 5) is 27.9. The van der Waals surface area contributed by atoms with Crippen LogP contribution in [-0.2, 0) is 16.1 Å². The Morgan fingerprint density at radius 2 is 1.86 bits per heavy atom. The van der Waals surface area contributed by atoms with Gasteiger partial charge in [0, 0.05) is 25.6 Å². The average molecular weight is 385 g/mol. The smallest absolute Gasteiger partial charge is 0.226 e. The molecule has 1 aromatic rings. The maximum absolute atomic E-state index is 13.2. The number of carbonyl (C=O) groups is 2. The van der Waals surface area contributed by atoms with Crippen LogP contribution in [0.4, 0.5) is 0 Å². The molecule has 2 fully saturated rings. The topological polar surface area (TPSA) is 49.4 Å². The second-order valence-electron chi connectivity index (χ2n) is 8.61. The zero-order valence-corrected chi connectivity index (χ0v) is 17.4. The van der Waals surface area contributed by atoms with E-state index in [2.05, 4.69) is 17.1 Å². The number of benzene rings is 1. The van der Waals surface area contributed by atoms with Crippen LogP contribution in [0, 0.1) is 11.8 Å². The minimum atomic E-state index is -0.130. The van der Waals surface area contributed by atoms with Crippen LogP contribution >= 0.6 is 0 Å². The first kappa shape index (κ1) is 20.9. The van der Waals surface area contributed by atoms with Crippen molar-refractivity contribution in [3.8, 4) is 0 Å². The third kappa shape index (κ3) is 5.59. The van der Waals surface area contributed by atoms with Gasteiger partial charge in [-0.25, -0.2) is 0 Å². The highest BCUT2D eigenvalue weighted by Crippen LogP contribution is 2.36. The van der Waals surface area contributed by atoms with Crippen molar-refractivity contribution in [1.82, 2.24) is 10.2 Å². The summed E-state index contributed by atoms with van der Waals surface area (Å²) in [5.74, 6) is 0.453. The summed E-state index contributed by atoms with van der Waals surface area (Å²) < 4.78 is 0. The van der Waals surface area contributed by atoms with Gasteiger partial charge in [0.15, 0.2) is 0 Å². The Labute approximate surface area is 170 Å². The Bertz CT molecular complexity index is 625. The lowest BCUT2D eigenvalue weighted by molar-refractivity contribution is -0.136. The number of carbonyl (C=O) groups excluding carboxylic acids is 2. The number of hydrogen-bond donors (Lipinski definition) is 1. The van der Waals surface area contributed by atoms with Crippen LogP contribution in [0.1, 0.15) is 76.7 Å². The molecule has 3 rings (SSSR count). The summed E-state index contributed by atoms with van der Waals surface area (Å²) in [5, 5.41) is 3.02. The van der Waals surface area contributed by atoms with Gasteiger partial charge in [0.1, 0.15) is 0 Å². The Morgan fingerprint density at radius 1 is 1.11 bits per heavy atom. The molecular weight excluding hydrogens is 348 g/mol. The normalized spacial score (nSPS) is 23.2. The summed E-state index contributed by atoms with van der Waals surface area (Å²) in [7, 11) is 0. The van der Waals surface area contributed by atoms with Gasteiger partial charge in [0.25, 0.3) is 0 Å². The summed E-state index contributed by atoms with van der Waals surface area (Å²) in [6, 6.07) is 10.4. The van der Waals surface area contributed by atoms with Crippen LogP contribution in [0.25, 0.3) is 0 Å². The quantitative estimate of drug-likeness (QED) is 0.629. The average Bonchev–Trinajstić information content (AvgIpc) is 3.04. The molecule has 1 saturated heterocycles. The van der Waals surface area contributed by atoms with E-state index in [1.165, 1.54) is 32.1 Å². The second kappa shape index (κ2) is 10.6. The molecule has 2 unspecified atom stereocenters. The molecule has 1 N–H and O–H groups in total. The number of amides is 2. The van der Waals surface area contributed by atoms with Gasteiger partial charge in [-0.05, 0) is 30.7 Å². The maximum atomic E-state index is 13.2. The summed E-state index contributed by atoms with van der Waals surface area (Å²) in [6.45, 7) is 3.61. The SMILES string of the molecule is CCCCCC1CN(C2CCCCC2)C(=O)C1CC(=O)NCc1ccccc1. The molecule has 2 atom stereocenters. The fourth-order valence-electron chi connectivity index (χ4n) is 4.88. The summed E-state index contributed by atoms with van der Waals surface area (Å²) >= 11 is 0. The molecule has 1 aliphatic carbocycles. The van der Waals surface area contributed by atoms with Crippen molar-refractivity contribution < 1.29 is 9.59 Å². The molecule has 28 heavy (non-hydrogen) atoms. The first-order valence-electron chi connectivity index (χ1n) is 11.3. The van der Waals surface area contributed by atoms with Crippen LogP contribution < -0.4 is 5.32 Å². The lowest BCUT2D eigenvalue weighted by Gasteiger charge is -2.31.